The van der Waals surface area contributed by atoms with Crippen LogP contribution in [0.25, 0.3) is 0 Å². The smallest absolute Gasteiger partial charge is 0.216 e. The summed E-state index contributed by atoms with van der Waals surface area (Å²) in [5.74, 6) is 0. The predicted molar refractivity (Wildman–Crippen MR) is 59.9 cm³/mol. The Labute approximate surface area is 92.9 Å². The summed E-state index contributed by atoms with van der Waals surface area (Å²) in [4.78, 5) is 20.6. The van der Waals surface area contributed by atoms with Gasteiger partial charge in [-0.2, -0.15) is 0 Å². The van der Waals surface area contributed by atoms with E-state index in [0.717, 1.165) is 5.56 Å². The second-order valence-electron chi connectivity index (χ2n) is 3.16. The molecule has 0 unspecified atom stereocenters. The van der Waals surface area contributed by atoms with E-state index in [0.29, 0.717) is 18.4 Å². The van der Waals surface area contributed by atoms with Crippen molar-refractivity contribution in [2.75, 3.05) is 6.54 Å². The number of rotatable bonds is 5. The van der Waals surface area contributed by atoms with E-state index in [1.807, 2.05) is 0 Å². The van der Waals surface area contributed by atoms with Crippen molar-refractivity contribution >= 4 is 17.7 Å². The van der Waals surface area contributed by atoms with Gasteiger partial charge in [0.15, 0.2) is 0 Å². The highest BCUT2D eigenvalue weighted by molar-refractivity contribution is 7.97. The SMILES string of the molecule is O=C(S)c1ccc(CCC[N+](=O)[O-])cc1. The normalized spacial score (nSPS) is 9.93. The van der Waals surface area contributed by atoms with Crippen molar-refractivity contribution < 1.29 is 9.72 Å². The minimum absolute atomic E-state index is 0.0206. The average molecular weight is 225 g/mol. The maximum absolute atomic E-state index is 10.8. The summed E-state index contributed by atoms with van der Waals surface area (Å²) in [5, 5.41) is 9.81. The van der Waals surface area contributed by atoms with E-state index in [9.17, 15) is 14.9 Å². The van der Waals surface area contributed by atoms with Gasteiger partial charge in [0.1, 0.15) is 0 Å². The quantitative estimate of drug-likeness (QED) is 0.473. The van der Waals surface area contributed by atoms with Gasteiger partial charge in [0.25, 0.3) is 0 Å². The van der Waals surface area contributed by atoms with E-state index in [-0.39, 0.29) is 16.6 Å². The molecule has 0 aromatic heterocycles. The number of thiol groups is 1. The van der Waals surface area contributed by atoms with Crippen LogP contribution in [0.4, 0.5) is 0 Å². The van der Waals surface area contributed by atoms with Crippen LogP contribution in [0.5, 0.6) is 0 Å². The van der Waals surface area contributed by atoms with Gasteiger partial charge >= 0.3 is 0 Å². The highest BCUT2D eigenvalue weighted by Gasteiger charge is 2.01. The first-order valence-electron chi connectivity index (χ1n) is 4.53. The maximum Gasteiger partial charge on any atom is 0.216 e. The standard InChI is InChI=1S/C10H11NO3S/c12-10(15)9-5-3-8(4-6-9)2-1-7-11(13)14/h3-6H,1-2,7H2,(H,12,15). The molecule has 0 saturated heterocycles. The fraction of sp³-hybridized carbons (Fsp3) is 0.300. The van der Waals surface area contributed by atoms with Crippen LogP contribution in [-0.2, 0) is 6.42 Å². The molecule has 0 amide bonds. The van der Waals surface area contributed by atoms with Crippen molar-refractivity contribution in [3.63, 3.8) is 0 Å². The second kappa shape index (κ2) is 5.50. The molecule has 80 valence electrons. The monoisotopic (exact) mass is 225 g/mol. The molecule has 1 rings (SSSR count). The maximum atomic E-state index is 10.8. The average Bonchev–Trinajstić information content (AvgIpc) is 2.18. The molecule has 5 heteroatoms. The summed E-state index contributed by atoms with van der Waals surface area (Å²) in [6.07, 6.45) is 1.17. The number of carbonyl (C=O) groups is 1. The third-order valence-corrected chi connectivity index (χ3v) is 2.27. The first-order valence-corrected chi connectivity index (χ1v) is 4.98. The second-order valence-corrected chi connectivity index (χ2v) is 3.57. The van der Waals surface area contributed by atoms with Crippen LogP contribution in [0.1, 0.15) is 22.3 Å². The zero-order valence-corrected chi connectivity index (χ0v) is 8.94. The van der Waals surface area contributed by atoms with Crippen LogP contribution in [0, 0.1) is 10.1 Å². The minimum Gasteiger partial charge on any atom is -0.282 e. The molecule has 0 bridgehead atoms. The summed E-state index contributed by atoms with van der Waals surface area (Å²) >= 11 is 3.69. The number of hydrogen-bond donors (Lipinski definition) is 1. The molecule has 0 saturated carbocycles. The van der Waals surface area contributed by atoms with Crippen LogP contribution < -0.4 is 0 Å². The van der Waals surface area contributed by atoms with Crippen molar-refractivity contribution in [3.05, 3.63) is 45.5 Å². The van der Waals surface area contributed by atoms with E-state index in [4.69, 9.17) is 0 Å². The van der Waals surface area contributed by atoms with E-state index >= 15 is 0 Å². The van der Waals surface area contributed by atoms with Gasteiger partial charge < -0.3 is 0 Å². The van der Waals surface area contributed by atoms with Crippen molar-refractivity contribution in [1.82, 2.24) is 0 Å². The molecule has 0 atom stereocenters. The van der Waals surface area contributed by atoms with E-state index in [2.05, 4.69) is 12.6 Å². The van der Waals surface area contributed by atoms with Gasteiger partial charge in [-0.05, 0) is 12.0 Å². The van der Waals surface area contributed by atoms with E-state index in [1.165, 1.54) is 0 Å². The molecule has 0 radical (unpaired) electrons. The Hall–Kier alpha value is -1.36. The van der Waals surface area contributed by atoms with Crippen LogP contribution in [0.15, 0.2) is 24.3 Å². The minimum atomic E-state index is -0.328. The number of aryl methyl sites for hydroxylation is 1. The molecule has 0 fully saturated rings. The zero-order chi connectivity index (χ0) is 11.3. The lowest BCUT2D eigenvalue weighted by molar-refractivity contribution is -0.480. The van der Waals surface area contributed by atoms with E-state index < -0.39 is 0 Å². The molecule has 1 aromatic rings. The van der Waals surface area contributed by atoms with Gasteiger partial charge in [0, 0.05) is 16.9 Å². The Balaban J connectivity index is 2.50. The Morgan fingerprint density at radius 3 is 2.40 bits per heavy atom. The molecular formula is C10H11NO3S. The number of benzene rings is 1. The number of carbonyl (C=O) groups excluding carboxylic acids is 1. The van der Waals surface area contributed by atoms with Crippen molar-refractivity contribution in [2.24, 2.45) is 0 Å². The molecule has 0 aliphatic heterocycles. The Morgan fingerprint density at radius 2 is 1.93 bits per heavy atom. The molecular weight excluding hydrogens is 214 g/mol. The van der Waals surface area contributed by atoms with Gasteiger partial charge in [-0.25, -0.2) is 0 Å². The topological polar surface area (TPSA) is 60.2 Å². The number of hydrogen-bond acceptors (Lipinski definition) is 3. The highest BCUT2D eigenvalue weighted by atomic mass is 32.1. The third-order valence-electron chi connectivity index (χ3n) is 2.01. The summed E-state index contributed by atoms with van der Waals surface area (Å²) < 4.78 is 0. The Morgan fingerprint density at radius 1 is 1.33 bits per heavy atom. The van der Waals surface area contributed by atoms with Gasteiger partial charge in [-0.15, -0.1) is 12.6 Å². The highest BCUT2D eigenvalue weighted by Crippen LogP contribution is 2.08. The molecule has 15 heavy (non-hydrogen) atoms. The van der Waals surface area contributed by atoms with Crippen LogP contribution in [0.2, 0.25) is 0 Å². The summed E-state index contributed by atoms with van der Waals surface area (Å²) in [6.45, 7) is -0.0206. The van der Waals surface area contributed by atoms with Gasteiger partial charge in [-0.1, -0.05) is 24.3 Å². The predicted octanol–water partition coefficient (Wildman–Crippen LogP) is 1.97. The Bertz CT molecular complexity index is 361. The molecule has 0 heterocycles. The lowest BCUT2D eigenvalue weighted by Gasteiger charge is -1.99. The number of nitrogens with zero attached hydrogens (tertiary/aromatic N) is 1. The first-order chi connectivity index (χ1) is 7.09. The summed E-state index contributed by atoms with van der Waals surface area (Å²) in [5.41, 5.74) is 1.53. The van der Waals surface area contributed by atoms with Gasteiger partial charge in [0.2, 0.25) is 11.7 Å². The van der Waals surface area contributed by atoms with Gasteiger partial charge in [0.05, 0.1) is 0 Å². The summed E-state index contributed by atoms with van der Waals surface area (Å²) in [7, 11) is 0. The van der Waals surface area contributed by atoms with Crippen LogP contribution in [-0.4, -0.2) is 16.6 Å². The van der Waals surface area contributed by atoms with Crippen molar-refractivity contribution in [1.29, 1.82) is 0 Å². The first kappa shape index (κ1) is 11.7. The third kappa shape index (κ3) is 4.12. The van der Waals surface area contributed by atoms with Crippen LogP contribution in [0.3, 0.4) is 0 Å². The molecule has 0 aliphatic rings. The number of nitro groups is 1. The zero-order valence-electron chi connectivity index (χ0n) is 8.05. The fourth-order valence-electron chi connectivity index (χ4n) is 1.23. The molecule has 0 N–H and O–H groups in total. The largest absolute Gasteiger partial charge is 0.282 e. The molecule has 1 aromatic carbocycles. The molecule has 4 nitrogen and oxygen atoms in total. The van der Waals surface area contributed by atoms with E-state index in [1.54, 1.807) is 24.3 Å². The van der Waals surface area contributed by atoms with Crippen LogP contribution >= 0.6 is 12.6 Å². The lowest BCUT2D eigenvalue weighted by Crippen LogP contribution is -2.01. The lowest BCUT2D eigenvalue weighted by atomic mass is 10.1. The fourth-order valence-corrected chi connectivity index (χ4v) is 1.38. The summed E-state index contributed by atoms with van der Waals surface area (Å²) in [6, 6.07) is 6.94. The molecule has 0 spiro atoms. The van der Waals surface area contributed by atoms with Gasteiger partial charge in [-0.3, -0.25) is 14.9 Å². The van der Waals surface area contributed by atoms with Crippen molar-refractivity contribution in [2.45, 2.75) is 12.8 Å². The Kier molecular flexibility index (Phi) is 4.30. The van der Waals surface area contributed by atoms with Crippen molar-refractivity contribution in [3.8, 4) is 0 Å². The molecule has 0 aliphatic carbocycles.